The predicted molar refractivity (Wildman–Crippen MR) is 79.2 cm³/mol. The minimum atomic E-state index is 0.812. The van der Waals surface area contributed by atoms with E-state index in [9.17, 15) is 0 Å². The second kappa shape index (κ2) is 5.91. The van der Waals surface area contributed by atoms with Gasteiger partial charge >= 0.3 is 0 Å². The largest absolute Gasteiger partial charge is 0.495 e. The molecule has 2 aromatic carbocycles. The van der Waals surface area contributed by atoms with E-state index in [1.807, 2.05) is 18.2 Å². The van der Waals surface area contributed by atoms with Crippen LogP contribution in [0.5, 0.6) is 5.75 Å². The average molecular weight is 306 g/mol. The van der Waals surface area contributed by atoms with Crippen molar-refractivity contribution in [2.75, 3.05) is 12.4 Å². The minimum Gasteiger partial charge on any atom is -0.495 e. The molecule has 0 aromatic heterocycles. The van der Waals surface area contributed by atoms with Crippen LogP contribution in [0, 0.1) is 6.92 Å². The maximum Gasteiger partial charge on any atom is 0.135 e. The molecule has 0 radical (unpaired) electrons. The number of anilines is 1. The van der Waals surface area contributed by atoms with Gasteiger partial charge < -0.3 is 10.1 Å². The molecule has 18 heavy (non-hydrogen) atoms. The number of hydrogen-bond donors (Lipinski definition) is 1. The van der Waals surface area contributed by atoms with Gasteiger partial charge in [-0.1, -0.05) is 29.8 Å². The highest BCUT2D eigenvalue weighted by atomic mass is 79.9. The molecule has 0 aliphatic rings. The van der Waals surface area contributed by atoms with Crippen molar-refractivity contribution in [3.63, 3.8) is 0 Å². The Hall–Kier alpha value is -1.48. The van der Waals surface area contributed by atoms with E-state index >= 15 is 0 Å². The summed E-state index contributed by atoms with van der Waals surface area (Å²) in [5, 5.41) is 3.39. The Morgan fingerprint density at radius 2 is 2.00 bits per heavy atom. The van der Waals surface area contributed by atoms with Crippen molar-refractivity contribution in [1.82, 2.24) is 0 Å². The highest BCUT2D eigenvalue weighted by Gasteiger charge is 2.01. The van der Waals surface area contributed by atoms with Crippen molar-refractivity contribution in [2.24, 2.45) is 0 Å². The topological polar surface area (TPSA) is 21.3 Å². The predicted octanol–water partition coefficient (Wildman–Crippen LogP) is 4.38. The van der Waals surface area contributed by atoms with Gasteiger partial charge in [0.1, 0.15) is 5.75 Å². The number of nitrogens with one attached hydrogen (secondary N) is 1. The van der Waals surface area contributed by atoms with E-state index in [2.05, 4.69) is 52.4 Å². The Morgan fingerprint density at radius 1 is 1.17 bits per heavy atom. The first-order valence-corrected chi connectivity index (χ1v) is 6.61. The van der Waals surface area contributed by atoms with Gasteiger partial charge in [-0.25, -0.2) is 0 Å². The number of rotatable bonds is 4. The highest BCUT2D eigenvalue weighted by molar-refractivity contribution is 9.10. The van der Waals surface area contributed by atoms with Crippen molar-refractivity contribution >= 4 is 21.6 Å². The quantitative estimate of drug-likeness (QED) is 0.905. The van der Waals surface area contributed by atoms with Crippen LogP contribution in [0.4, 0.5) is 5.69 Å². The molecule has 0 bridgehead atoms. The molecule has 0 fully saturated rings. The summed E-state index contributed by atoms with van der Waals surface area (Å²) in [4.78, 5) is 0. The Kier molecular flexibility index (Phi) is 4.26. The third-order valence-electron chi connectivity index (χ3n) is 2.73. The molecular formula is C15H16BrNO. The summed E-state index contributed by atoms with van der Waals surface area (Å²) in [7, 11) is 1.67. The van der Waals surface area contributed by atoms with Crippen LogP contribution in [0.25, 0.3) is 0 Å². The molecule has 0 aliphatic heterocycles. The van der Waals surface area contributed by atoms with Gasteiger partial charge in [-0.05, 0) is 40.5 Å². The van der Waals surface area contributed by atoms with Crippen molar-refractivity contribution < 1.29 is 4.74 Å². The van der Waals surface area contributed by atoms with Crippen LogP contribution in [0.1, 0.15) is 11.1 Å². The van der Waals surface area contributed by atoms with Gasteiger partial charge in [-0.3, -0.25) is 0 Å². The first-order valence-electron chi connectivity index (χ1n) is 5.82. The maximum absolute atomic E-state index is 5.27. The van der Waals surface area contributed by atoms with Crippen LogP contribution >= 0.6 is 15.9 Å². The SMILES string of the molecule is COc1cc(NCc2cccc(C)c2)ccc1Br. The lowest BCUT2D eigenvalue weighted by atomic mass is 10.1. The van der Waals surface area contributed by atoms with Gasteiger partial charge in [-0.2, -0.15) is 0 Å². The van der Waals surface area contributed by atoms with Crippen molar-refractivity contribution in [2.45, 2.75) is 13.5 Å². The van der Waals surface area contributed by atoms with Crippen LogP contribution in [-0.4, -0.2) is 7.11 Å². The molecule has 0 atom stereocenters. The van der Waals surface area contributed by atoms with E-state index in [4.69, 9.17) is 4.74 Å². The minimum absolute atomic E-state index is 0.812. The summed E-state index contributed by atoms with van der Waals surface area (Å²) in [6, 6.07) is 14.5. The number of benzene rings is 2. The zero-order valence-electron chi connectivity index (χ0n) is 10.5. The van der Waals surface area contributed by atoms with Gasteiger partial charge in [0, 0.05) is 18.3 Å². The second-order valence-corrected chi connectivity index (χ2v) is 5.05. The number of methoxy groups -OCH3 is 1. The zero-order valence-corrected chi connectivity index (χ0v) is 12.1. The Morgan fingerprint density at radius 3 is 2.72 bits per heavy atom. The maximum atomic E-state index is 5.27. The third kappa shape index (κ3) is 3.26. The zero-order chi connectivity index (χ0) is 13.0. The van der Waals surface area contributed by atoms with E-state index in [1.54, 1.807) is 7.11 Å². The molecule has 2 rings (SSSR count). The fourth-order valence-electron chi connectivity index (χ4n) is 1.80. The van der Waals surface area contributed by atoms with E-state index in [1.165, 1.54) is 11.1 Å². The lowest BCUT2D eigenvalue weighted by molar-refractivity contribution is 0.412. The fourth-order valence-corrected chi connectivity index (χ4v) is 2.20. The van der Waals surface area contributed by atoms with Crippen LogP contribution in [0.2, 0.25) is 0 Å². The molecule has 2 aromatic rings. The molecule has 0 aliphatic carbocycles. The molecule has 3 heteroatoms. The average Bonchev–Trinajstić information content (AvgIpc) is 2.38. The molecule has 1 N–H and O–H groups in total. The summed E-state index contributed by atoms with van der Waals surface area (Å²) < 4.78 is 6.23. The summed E-state index contributed by atoms with van der Waals surface area (Å²) in [5.41, 5.74) is 3.61. The molecule has 0 saturated carbocycles. The second-order valence-electron chi connectivity index (χ2n) is 4.19. The van der Waals surface area contributed by atoms with Crippen LogP contribution in [-0.2, 0) is 6.54 Å². The summed E-state index contributed by atoms with van der Waals surface area (Å²) in [6.07, 6.45) is 0. The van der Waals surface area contributed by atoms with E-state index in [0.717, 1.165) is 22.5 Å². The van der Waals surface area contributed by atoms with Crippen LogP contribution < -0.4 is 10.1 Å². The molecular weight excluding hydrogens is 290 g/mol. The summed E-state index contributed by atoms with van der Waals surface area (Å²) in [6.45, 7) is 2.92. The number of aryl methyl sites for hydroxylation is 1. The van der Waals surface area contributed by atoms with Crippen molar-refractivity contribution in [3.05, 3.63) is 58.1 Å². The summed E-state index contributed by atoms with van der Waals surface area (Å²) >= 11 is 3.44. The molecule has 0 saturated heterocycles. The third-order valence-corrected chi connectivity index (χ3v) is 3.39. The molecule has 0 spiro atoms. The monoisotopic (exact) mass is 305 g/mol. The Labute approximate surface area is 116 Å². The van der Waals surface area contributed by atoms with Gasteiger partial charge in [0.2, 0.25) is 0 Å². The van der Waals surface area contributed by atoms with Gasteiger partial charge in [0.25, 0.3) is 0 Å². The lowest BCUT2D eigenvalue weighted by Crippen LogP contribution is -1.99. The standard InChI is InChI=1S/C15H16BrNO/c1-11-4-3-5-12(8-11)10-17-13-6-7-14(16)15(9-13)18-2/h3-9,17H,10H2,1-2H3. The van der Waals surface area contributed by atoms with Gasteiger partial charge in [0.15, 0.2) is 0 Å². The van der Waals surface area contributed by atoms with Crippen LogP contribution in [0.15, 0.2) is 46.9 Å². The number of hydrogen-bond acceptors (Lipinski definition) is 2. The van der Waals surface area contributed by atoms with E-state index < -0.39 is 0 Å². The first kappa shape index (κ1) is 13.0. The molecule has 0 unspecified atom stereocenters. The smallest absolute Gasteiger partial charge is 0.135 e. The lowest BCUT2D eigenvalue weighted by Gasteiger charge is -2.10. The van der Waals surface area contributed by atoms with E-state index in [-0.39, 0.29) is 0 Å². The Bertz CT molecular complexity index is 540. The fraction of sp³-hybridized carbons (Fsp3) is 0.200. The normalized spacial score (nSPS) is 10.2. The number of halogens is 1. The molecule has 2 nitrogen and oxygen atoms in total. The van der Waals surface area contributed by atoms with Crippen LogP contribution in [0.3, 0.4) is 0 Å². The van der Waals surface area contributed by atoms with Crippen molar-refractivity contribution in [1.29, 1.82) is 0 Å². The molecule has 0 amide bonds. The highest BCUT2D eigenvalue weighted by Crippen LogP contribution is 2.28. The first-order chi connectivity index (χ1) is 8.69. The van der Waals surface area contributed by atoms with E-state index in [0.29, 0.717) is 0 Å². The van der Waals surface area contributed by atoms with Gasteiger partial charge in [-0.15, -0.1) is 0 Å². The molecule has 94 valence electrons. The van der Waals surface area contributed by atoms with Crippen molar-refractivity contribution in [3.8, 4) is 5.75 Å². The number of ether oxygens (including phenoxy) is 1. The molecule has 0 heterocycles. The Balaban J connectivity index is 2.06. The summed E-state index contributed by atoms with van der Waals surface area (Å²) in [5.74, 6) is 0.837. The van der Waals surface area contributed by atoms with Gasteiger partial charge in [0.05, 0.1) is 11.6 Å².